The SMILES string of the molecule is C=[P+]1CCN(C(C)(C)C)CC1. The summed E-state index contributed by atoms with van der Waals surface area (Å²) in [6.07, 6.45) is 6.83. The van der Waals surface area contributed by atoms with E-state index >= 15 is 0 Å². The van der Waals surface area contributed by atoms with Crippen molar-refractivity contribution in [2.24, 2.45) is 0 Å². The molecule has 1 saturated heterocycles. The van der Waals surface area contributed by atoms with E-state index in [2.05, 4.69) is 32.0 Å². The molecule has 2 heteroatoms. The normalized spacial score (nSPS) is 22.3. The third kappa shape index (κ3) is 2.57. The average Bonchev–Trinajstić information content (AvgIpc) is 1.86. The van der Waals surface area contributed by atoms with Crippen LogP contribution < -0.4 is 0 Å². The first-order valence-corrected chi connectivity index (χ1v) is 6.20. The van der Waals surface area contributed by atoms with Gasteiger partial charge in [-0.1, -0.05) is 0 Å². The highest BCUT2D eigenvalue weighted by Crippen LogP contribution is 2.27. The average molecular weight is 172 g/mol. The Morgan fingerprint density at radius 3 is 2.00 bits per heavy atom. The molecule has 64 valence electrons. The van der Waals surface area contributed by atoms with Gasteiger partial charge in [-0.3, -0.25) is 4.90 Å². The quantitative estimate of drug-likeness (QED) is 0.505. The molecule has 0 spiro atoms. The van der Waals surface area contributed by atoms with E-state index in [0.29, 0.717) is 5.54 Å². The molecule has 0 atom stereocenters. The summed E-state index contributed by atoms with van der Waals surface area (Å²) in [6, 6.07) is 0. The summed E-state index contributed by atoms with van der Waals surface area (Å²) in [5.74, 6) is 0. The van der Waals surface area contributed by atoms with Gasteiger partial charge in [0.05, 0.1) is 13.8 Å². The van der Waals surface area contributed by atoms with Crippen molar-refractivity contribution < 1.29 is 0 Å². The van der Waals surface area contributed by atoms with Crippen LogP contribution in [-0.2, 0) is 0 Å². The number of hydrogen-bond donors (Lipinski definition) is 0. The topological polar surface area (TPSA) is 3.24 Å². The Morgan fingerprint density at radius 1 is 1.18 bits per heavy atom. The Kier molecular flexibility index (Phi) is 2.72. The summed E-state index contributed by atoms with van der Waals surface area (Å²) >= 11 is 0. The molecule has 0 unspecified atom stereocenters. The predicted molar refractivity (Wildman–Crippen MR) is 55.1 cm³/mol. The maximum atomic E-state index is 4.15. The lowest BCUT2D eigenvalue weighted by Gasteiger charge is -2.36. The molecule has 1 aliphatic heterocycles. The van der Waals surface area contributed by atoms with Gasteiger partial charge < -0.3 is 0 Å². The van der Waals surface area contributed by atoms with Crippen LogP contribution in [0.25, 0.3) is 0 Å². The van der Waals surface area contributed by atoms with Crippen LogP contribution >= 0.6 is 7.55 Å². The molecule has 0 amide bonds. The Balaban J connectivity index is 2.45. The smallest absolute Gasteiger partial charge is 0.118 e. The van der Waals surface area contributed by atoms with Crippen LogP contribution in [0.3, 0.4) is 0 Å². The molecular formula is C9H19NP+. The molecule has 0 saturated carbocycles. The zero-order valence-corrected chi connectivity index (χ0v) is 8.82. The van der Waals surface area contributed by atoms with Crippen molar-refractivity contribution in [3.8, 4) is 0 Å². The largest absolute Gasteiger partial charge is 0.290 e. The van der Waals surface area contributed by atoms with E-state index in [0.717, 1.165) is 0 Å². The lowest BCUT2D eigenvalue weighted by atomic mass is 10.1. The van der Waals surface area contributed by atoms with Gasteiger partial charge in [-0.05, 0) is 20.8 Å². The minimum atomic E-state index is 0.143. The van der Waals surface area contributed by atoms with Crippen molar-refractivity contribution in [3.05, 3.63) is 0 Å². The molecule has 1 rings (SSSR count). The van der Waals surface area contributed by atoms with Gasteiger partial charge in [0.15, 0.2) is 0 Å². The molecule has 0 radical (unpaired) electrons. The number of nitrogens with zero attached hydrogens (tertiary/aromatic N) is 1. The summed E-state index contributed by atoms with van der Waals surface area (Å²) in [7, 11) is 0.143. The van der Waals surface area contributed by atoms with Crippen LogP contribution in [-0.4, -0.2) is 42.2 Å². The van der Waals surface area contributed by atoms with Crippen molar-refractivity contribution in [1.82, 2.24) is 4.90 Å². The molecule has 0 aliphatic carbocycles. The van der Waals surface area contributed by atoms with Gasteiger partial charge in [0.1, 0.15) is 12.3 Å². The molecule has 0 N–H and O–H groups in total. The van der Waals surface area contributed by atoms with Crippen LogP contribution in [0.15, 0.2) is 0 Å². The second kappa shape index (κ2) is 3.25. The van der Waals surface area contributed by atoms with Crippen LogP contribution in [0.4, 0.5) is 0 Å². The summed E-state index contributed by atoms with van der Waals surface area (Å²) in [5, 5.41) is 0. The molecule has 0 aromatic carbocycles. The number of rotatable bonds is 0. The van der Waals surface area contributed by atoms with E-state index in [1.165, 1.54) is 25.4 Å². The van der Waals surface area contributed by atoms with E-state index in [9.17, 15) is 0 Å². The molecule has 1 fully saturated rings. The van der Waals surface area contributed by atoms with Crippen molar-refractivity contribution in [3.63, 3.8) is 0 Å². The Morgan fingerprint density at radius 2 is 1.64 bits per heavy atom. The number of hydrogen-bond acceptors (Lipinski definition) is 1. The maximum absolute atomic E-state index is 4.15. The maximum Gasteiger partial charge on any atom is 0.118 e. The van der Waals surface area contributed by atoms with E-state index in [-0.39, 0.29) is 7.55 Å². The Bertz CT molecular complexity index is 147. The third-order valence-corrected chi connectivity index (χ3v) is 3.99. The first-order chi connectivity index (χ1) is 5.00. The van der Waals surface area contributed by atoms with E-state index in [4.69, 9.17) is 0 Å². The highest BCUT2D eigenvalue weighted by atomic mass is 31.1. The Labute approximate surface area is 71.2 Å². The summed E-state index contributed by atoms with van der Waals surface area (Å²) in [6.45, 7) is 9.41. The summed E-state index contributed by atoms with van der Waals surface area (Å²) in [4.78, 5) is 2.57. The Hall–Kier alpha value is 0.130. The van der Waals surface area contributed by atoms with E-state index in [1.807, 2.05) is 0 Å². The standard InChI is InChI=1S/C9H19NP/c1-9(2,3)10-5-7-11(4)8-6-10/h4-8H2,1-3H3/q+1. The monoisotopic (exact) mass is 172 g/mol. The van der Waals surface area contributed by atoms with Gasteiger partial charge in [0.2, 0.25) is 0 Å². The zero-order valence-electron chi connectivity index (χ0n) is 7.93. The van der Waals surface area contributed by atoms with Gasteiger partial charge in [0.25, 0.3) is 0 Å². The van der Waals surface area contributed by atoms with Crippen LogP contribution in [0.1, 0.15) is 20.8 Å². The van der Waals surface area contributed by atoms with Gasteiger partial charge in [-0.25, -0.2) is 0 Å². The summed E-state index contributed by atoms with van der Waals surface area (Å²) < 4.78 is 0. The summed E-state index contributed by atoms with van der Waals surface area (Å²) in [5.41, 5.74) is 0.372. The molecule has 0 aromatic rings. The lowest BCUT2D eigenvalue weighted by Crippen LogP contribution is -2.46. The van der Waals surface area contributed by atoms with Crippen molar-refractivity contribution >= 4 is 13.8 Å². The first kappa shape index (κ1) is 9.22. The van der Waals surface area contributed by atoms with Gasteiger partial charge in [0, 0.05) is 18.6 Å². The molecule has 1 aliphatic rings. The fourth-order valence-electron chi connectivity index (χ4n) is 1.42. The van der Waals surface area contributed by atoms with Crippen molar-refractivity contribution in [2.75, 3.05) is 25.4 Å². The minimum Gasteiger partial charge on any atom is -0.290 e. The fourth-order valence-corrected chi connectivity index (χ4v) is 2.69. The van der Waals surface area contributed by atoms with Gasteiger partial charge in [-0.2, -0.15) is 0 Å². The molecule has 11 heavy (non-hydrogen) atoms. The van der Waals surface area contributed by atoms with Crippen molar-refractivity contribution in [2.45, 2.75) is 26.3 Å². The first-order valence-electron chi connectivity index (χ1n) is 4.30. The highest BCUT2D eigenvalue weighted by Gasteiger charge is 2.27. The van der Waals surface area contributed by atoms with Gasteiger partial charge in [-0.15, -0.1) is 0 Å². The third-order valence-electron chi connectivity index (χ3n) is 2.32. The predicted octanol–water partition coefficient (Wildman–Crippen LogP) is 2.01. The van der Waals surface area contributed by atoms with Crippen molar-refractivity contribution in [1.29, 1.82) is 0 Å². The van der Waals surface area contributed by atoms with E-state index < -0.39 is 0 Å². The zero-order chi connectivity index (χ0) is 8.48. The minimum absolute atomic E-state index is 0.143. The van der Waals surface area contributed by atoms with Crippen LogP contribution in [0.2, 0.25) is 0 Å². The fraction of sp³-hybridized carbons (Fsp3) is 0.889. The second-order valence-corrected chi connectivity index (χ2v) is 6.51. The van der Waals surface area contributed by atoms with Crippen LogP contribution in [0, 0.1) is 0 Å². The van der Waals surface area contributed by atoms with Gasteiger partial charge >= 0.3 is 0 Å². The molecule has 0 bridgehead atoms. The highest BCUT2D eigenvalue weighted by molar-refractivity contribution is 7.55. The molecule has 0 aromatic heterocycles. The molecular weight excluding hydrogens is 153 g/mol. The lowest BCUT2D eigenvalue weighted by molar-refractivity contribution is 0.152. The molecule has 1 heterocycles. The second-order valence-electron chi connectivity index (χ2n) is 4.28. The molecule has 1 nitrogen and oxygen atoms in total. The van der Waals surface area contributed by atoms with E-state index in [1.54, 1.807) is 0 Å². The van der Waals surface area contributed by atoms with Crippen LogP contribution in [0.5, 0.6) is 0 Å².